The highest BCUT2D eigenvalue weighted by molar-refractivity contribution is 14.1. The number of ether oxygens (including phenoxy) is 3. The summed E-state index contributed by atoms with van der Waals surface area (Å²) in [6.07, 6.45) is -0.0673. The number of hydrogen-bond acceptors (Lipinski definition) is 4. The van der Waals surface area contributed by atoms with Crippen LogP contribution in [0.4, 0.5) is 9.18 Å². The van der Waals surface area contributed by atoms with Gasteiger partial charge in [-0.25, -0.2) is 9.18 Å². The summed E-state index contributed by atoms with van der Waals surface area (Å²) in [6.45, 7) is 3.86. The first-order valence-corrected chi connectivity index (χ1v) is 8.49. The lowest BCUT2D eigenvalue weighted by atomic mass is 10.1. The molecule has 2 rings (SSSR count). The monoisotopic (exact) mass is 444 g/mol. The van der Waals surface area contributed by atoms with Crippen LogP contribution in [0.25, 0.3) is 0 Å². The molecule has 6 heteroatoms. The van der Waals surface area contributed by atoms with Crippen LogP contribution in [0, 0.1) is 16.3 Å². The molecule has 0 aromatic heterocycles. The van der Waals surface area contributed by atoms with Crippen molar-refractivity contribution in [2.24, 2.45) is 0 Å². The van der Waals surface area contributed by atoms with Crippen LogP contribution in [0.5, 0.6) is 11.5 Å². The molecular weight excluding hydrogens is 426 g/mol. The van der Waals surface area contributed by atoms with E-state index in [1.54, 1.807) is 25.1 Å². The predicted molar refractivity (Wildman–Crippen MR) is 97.0 cm³/mol. The van der Waals surface area contributed by atoms with Crippen molar-refractivity contribution in [3.8, 4) is 11.5 Å². The Morgan fingerprint density at radius 3 is 2.67 bits per heavy atom. The molecule has 0 saturated heterocycles. The molecule has 2 aromatic carbocycles. The third kappa shape index (κ3) is 4.37. The van der Waals surface area contributed by atoms with Crippen LogP contribution in [0.2, 0.25) is 0 Å². The third-order valence-corrected chi connectivity index (χ3v) is 4.54. The molecule has 128 valence electrons. The zero-order valence-corrected chi connectivity index (χ0v) is 15.8. The van der Waals surface area contributed by atoms with Gasteiger partial charge < -0.3 is 14.2 Å². The molecule has 0 amide bonds. The quantitative estimate of drug-likeness (QED) is 0.369. The van der Waals surface area contributed by atoms with Gasteiger partial charge in [0, 0.05) is 15.2 Å². The Kier molecular flexibility index (Phi) is 6.42. The number of carbonyl (C=O) groups excluding carboxylic acids is 1. The second kappa shape index (κ2) is 8.32. The van der Waals surface area contributed by atoms with E-state index in [1.807, 2.05) is 13.0 Å². The molecule has 0 aliphatic carbocycles. The van der Waals surface area contributed by atoms with E-state index < -0.39 is 6.16 Å². The Morgan fingerprint density at radius 1 is 1.25 bits per heavy atom. The largest absolute Gasteiger partial charge is 0.513 e. The maximum Gasteiger partial charge on any atom is 0.513 e. The van der Waals surface area contributed by atoms with Crippen LogP contribution in [-0.4, -0.2) is 13.3 Å². The lowest BCUT2D eigenvalue weighted by molar-refractivity contribution is 0.120. The number of carbonyl (C=O) groups is 1. The highest BCUT2D eigenvalue weighted by Gasteiger charge is 2.14. The van der Waals surface area contributed by atoms with Gasteiger partial charge in [-0.3, -0.25) is 0 Å². The van der Waals surface area contributed by atoms with Crippen molar-refractivity contribution in [1.82, 2.24) is 0 Å². The van der Waals surface area contributed by atoms with E-state index in [-0.39, 0.29) is 12.4 Å². The zero-order valence-electron chi connectivity index (χ0n) is 13.7. The van der Waals surface area contributed by atoms with Gasteiger partial charge in [-0.05, 0) is 65.3 Å². The van der Waals surface area contributed by atoms with Crippen molar-refractivity contribution < 1.29 is 23.4 Å². The van der Waals surface area contributed by atoms with Crippen molar-refractivity contribution in [3.63, 3.8) is 0 Å². The van der Waals surface area contributed by atoms with Crippen LogP contribution >= 0.6 is 22.6 Å². The summed E-state index contributed by atoms with van der Waals surface area (Å²) < 4.78 is 30.2. The molecule has 0 atom stereocenters. The van der Waals surface area contributed by atoms with Crippen LogP contribution in [0.3, 0.4) is 0 Å². The van der Waals surface area contributed by atoms with Gasteiger partial charge in [0.25, 0.3) is 0 Å². The van der Waals surface area contributed by atoms with Crippen LogP contribution in [0.1, 0.15) is 23.6 Å². The van der Waals surface area contributed by atoms with Gasteiger partial charge in [-0.1, -0.05) is 13.0 Å². The van der Waals surface area contributed by atoms with E-state index in [2.05, 4.69) is 27.3 Å². The summed E-state index contributed by atoms with van der Waals surface area (Å²) in [5.74, 6) is 0.541. The fourth-order valence-corrected chi connectivity index (χ4v) is 2.82. The summed E-state index contributed by atoms with van der Waals surface area (Å²) in [4.78, 5) is 11.4. The van der Waals surface area contributed by atoms with Crippen molar-refractivity contribution in [1.29, 1.82) is 0 Å². The topological polar surface area (TPSA) is 44.8 Å². The van der Waals surface area contributed by atoms with Gasteiger partial charge in [0.05, 0.1) is 7.11 Å². The average molecular weight is 444 g/mol. The van der Waals surface area contributed by atoms with Gasteiger partial charge in [-0.2, -0.15) is 0 Å². The van der Waals surface area contributed by atoms with Crippen LogP contribution in [0.15, 0.2) is 30.3 Å². The third-order valence-electron chi connectivity index (χ3n) is 3.53. The van der Waals surface area contributed by atoms with E-state index in [1.165, 1.54) is 13.2 Å². The maximum atomic E-state index is 13.8. The van der Waals surface area contributed by atoms with E-state index in [4.69, 9.17) is 9.47 Å². The summed E-state index contributed by atoms with van der Waals surface area (Å²) in [7, 11) is 1.25. The number of halogens is 2. The minimum Gasteiger partial charge on any atom is -0.488 e. The van der Waals surface area contributed by atoms with E-state index in [9.17, 15) is 9.18 Å². The molecule has 0 fully saturated rings. The van der Waals surface area contributed by atoms with E-state index in [0.717, 1.165) is 15.6 Å². The van der Waals surface area contributed by atoms with E-state index in [0.29, 0.717) is 22.6 Å². The summed E-state index contributed by atoms with van der Waals surface area (Å²) in [5.41, 5.74) is 2.21. The Balaban J connectivity index is 2.26. The van der Waals surface area contributed by atoms with Gasteiger partial charge >= 0.3 is 6.16 Å². The highest BCUT2D eigenvalue weighted by Crippen LogP contribution is 2.29. The Morgan fingerprint density at radius 2 is 2.00 bits per heavy atom. The van der Waals surface area contributed by atoms with Crippen molar-refractivity contribution in [2.45, 2.75) is 26.9 Å². The second-order valence-corrected chi connectivity index (χ2v) is 6.29. The molecule has 0 aliphatic heterocycles. The summed E-state index contributed by atoms with van der Waals surface area (Å²) >= 11 is 2.13. The number of hydrogen-bond donors (Lipinski definition) is 0. The molecule has 4 nitrogen and oxygen atoms in total. The van der Waals surface area contributed by atoms with Crippen molar-refractivity contribution in [2.75, 3.05) is 7.11 Å². The average Bonchev–Trinajstić information content (AvgIpc) is 2.56. The molecule has 0 radical (unpaired) electrons. The minimum absolute atomic E-state index is 0.154. The molecule has 0 saturated carbocycles. The van der Waals surface area contributed by atoms with Crippen molar-refractivity contribution in [3.05, 3.63) is 56.4 Å². The molecule has 0 N–H and O–H groups in total. The van der Waals surface area contributed by atoms with Crippen molar-refractivity contribution >= 4 is 28.7 Å². The molecule has 2 aromatic rings. The molecular formula is C18H18FIO4. The fraction of sp³-hybridized carbons (Fsp3) is 0.278. The standard InChI is InChI=1S/C18H18FIO4/c1-4-12-8-11(2)14(19)9-17(12)23-10-13-15(20)6-5-7-16(13)24-18(21)22-3/h5-9H,4,10H2,1-3H3. The highest BCUT2D eigenvalue weighted by atomic mass is 127. The van der Waals surface area contributed by atoms with E-state index >= 15 is 0 Å². The molecule has 0 heterocycles. The molecule has 0 unspecified atom stereocenters. The number of rotatable bonds is 5. The number of methoxy groups -OCH3 is 1. The molecule has 0 spiro atoms. The second-order valence-electron chi connectivity index (χ2n) is 5.12. The smallest absolute Gasteiger partial charge is 0.488 e. The van der Waals surface area contributed by atoms with Crippen LogP contribution < -0.4 is 9.47 Å². The number of benzene rings is 2. The zero-order chi connectivity index (χ0) is 17.7. The molecule has 24 heavy (non-hydrogen) atoms. The fourth-order valence-electron chi connectivity index (χ4n) is 2.19. The van der Waals surface area contributed by atoms with Gasteiger partial charge in [0.2, 0.25) is 0 Å². The SMILES string of the molecule is CCc1cc(C)c(F)cc1OCc1c(I)cccc1OC(=O)OC. The predicted octanol–water partition coefficient (Wildman–Crippen LogP) is 5.03. The van der Waals surface area contributed by atoms with Crippen LogP contribution in [-0.2, 0) is 17.8 Å². The minimum atomic E-state index is -0.797. The molecule has 0 bridgehead atoms. The first-order chi connectivity index (χ1) is 11.5. The van der Waals surface area contributed by atoms with Gasteiger partial charge in [0.15, 0.2) is 0 Å². The maximum absolute atomic E-state index is 13.8. The Hall–Kier alpha value is -1.83. The first kappa shape index (κ1) is 18.5. The summed E-state index contributed by atoms with van der Waals surface area (Å²) in [6, 6.07) is 8.48. The first-order valence-electron chi connectivity index (χ1n) is 7.41. The number of aryl methyl sites for hydroxylation is 2. The Labute approximate surface area is 154 Å². The normalized spacial score (nSPS) is 10.4. The molecule has 0 aliphatic rings. The lowest BCUT2D eigenvalue weighted by Gasteiger charge is -2.15. The lowest BCUT2D eigenvalue weighted by Crippen LogP contribution is -2.11. The Bertz CT molecular complexity index is 746. The van der Waals surface area contributed by atoms with Gasteiger partial charge in [0.1, 0.15) is 23.9 Å². The summed E-state index contributed by atoms with van der Waals surface area (Å²) in [5, 5.41) is 0. The van der Waals surface area contributed by atoms with Gasteiger partial charge in [-0.15, -0.1) is 0 Å².